The second-order valence-electron chi connectivity index (χ2n) is 5.57. The van der Waals surface area contributed by atoms with Gasteiger partial charge in [0, 0.05) is 44.7 Å². The summed E-state index contributed by atoms with van der Waals surface area (Å²) >= 11 is 0. The molecule has 0 bridgehead atoms. The number of carboxylic acids is 1. The van der Waals surface area contributed by atoms with Crippen LogP contribution in [0, 0.1) is 0 Å². The molecule has 1 aliphatic heterocycles. The van der Waals surface area contributed by atoms with Crippen LogP contribution >= 0.6 is 0 Å². The first-order valence-corrected chi connectivity index (χ1v) is 7.30. The van der Waals surface area contributed by atoms with E-state index in [-0.39, 0.29) is 6.42 Å². The molecule has 1 fully saturated rings. The third-order valence-electron chi connectivity index (χ3n) is 3.78. The Morgan fingerprint density at radius 2 is 1.86 bits per heavy atom. The number of piperidine rings is 1. The van der Waals surface area contributed by atoms with Crippen molar-refractivity contribution in [1.82, 2.24) is 4.90 Å². The number of aliphatic carboxylic acids is 1. The molecule has 5 heteroatoms. The number of carbonyl (C=O) groups excluding carboxylic acids is 1. The van der Waals surface area contributed by atoms with Crippen molar-refractivity contribution >= 4 is 17.4 Å². The average molecular weight is 290 g/mol. The van der Waals surface area contributed by atoms with Crippen molar-refractivity contribution in [2.45, 2.75) is 25.8 Å². The van der Waals surface area contributed by atoms with E-state index in [4.69, 9.17) is 5.11 Å². The van der Waals surface area contributed by atoms with Gasteiger partial charge in [-0.1, -0.05) is 12.1 Å². The van der Waals surface area contributed by atoms with E-state index < -0.39 is 5.97 Å². The first kappa shape index (κ1) is 15.5. The average Bonchev–Trinajstić information content (AvgIpc) is 2.47. The molecule has 2 rings (SSSR count). The third-order valence-corrected chi connectivity index (χ3v) is 3.78. The van der Waals surface area contributed by atoms with E-state index in [2.05, 4.69) is 29.2 Å². The van der Waals surface area contributed by atoms with Gasteiger partial charge in [-0.2, -0.15) is 0 Å². The van der Waals surface area contributed by atoms with Gasteiger partial charge in [0.2, 0.25) is 0 Å². The predicted octanol–water partition coefficient (Wildman–Crippen LogP) is 1.76. The zero-order valence-electron chi connectivity index (χ0n) is 12.4. The summed E-state index contributed by atoms with van der Waals surface area (Å²) in [5.41, 5.74) is 2.32. The van der Waals surface area contributed by atoms with Gasteiger partial charge in [0.25, 0.3) is 0 Å². The van der Waals surface area contributed by atoms with E-state index in [1.165, 1.54) is 5.56 Å². The Morgan fingerprint density at radius 1 is 1.24 bits per heavy atom. The molecule has 0 amide bonds. The molecule has 0 spiro atoms. The molecule has 0 aromatic heterocycles. The van der Waals surface area contributed by atoms with Gasteiger partial charge in [-0.15, -0.1) is 0 Å². The summed E-state index contributed by atoms with van der Waals surface area (Å²) in [6, 6.07) is 8.30. The molecule has 0 radical (unpaired) electrons. The highest BCUT2D eigenvalue weighted by atomic mass is 16.4. The summed E-state index contributed by atoms with van der Waals surface area (Å²) in [7, 11) is 1.92. The zero-order valence-corrected chi connectivity index (χ0v) is 12.4. The van der Waals surface area contributed by atoms with Crippen LogP contribution < -0.4 is 4.90 Å². The monoisotopic (exact) mass is 290 g/mol. The SMILES string of the molecule is CN(CCC(=O)O)Cc1ccc(N2CCC(=O)CC2)cc1. The van der Waals surface area contributed by atoms with Crippen molar-refractivity contribution < 1.29 is 14.7 Å². The summed E-state index contributed by atoms with van der Waals surface area (Å²) < 4.78 is 0. The summed E-state index contributed by atoms with van der Waals surface area (Å²) in [6.07, 6.45) is 1.44. The number of hydrogen-bond acceptors (Lipinski definition) is 4. The van der Waals surface area contributed by atoms with Gasteiger partial charge in [0.05, 0.1) is 6.42 Å². The molecule has 1 aromatic carbocycles. The number of rotatable bonds is 6. The van der Waals surface area contributed by atoms with E-state index in [0.717, 1.165) is 25.3 Å². The number of Topliss-reactive ketones (excluding diaryl/α,β-unsaturated/α-hetero) is 1. The van der Waals surface area contributed by atoms with Gasteiger partial charge < -0.3 is 14.9 Å². The molecule has 114 valence electrons. The zero-order chi connectivity index (χ0) is 15.2. The Bertz CT molecular complexity index is 489. The van der Waals surface area contributed by atoms with Crippen LogP contribution in [0.2, 0.25) is 0 Å². The Balaban J connectivity index is 1.86. The Labute approximate surface area is 125 Å². The molecule has 1 aliphatic rings. The molecule has 1 N–H and O–H groups in total. The van der Waals surface area contributed by atoms with Crippen LogP contribution in [0.4, 0.5) is 5.69 Å². The van der Waals surface area contributed by atoms with Crippen molar-refractivity contribution in [3.63, 3.8) is 0 Å². The predicted molar refractivity (Wildman–Crippen MR) is 81.5 cm³/mol. The minimum absolute atomic E-state index is 0.163. The van der Waals surface area contributed by atoms with Crippen LogP contribution in [0.15, 0.2) is 24.3 Å². The van der Waals surface area contributed by atoms with Crippen LogP contribution in [0.5, 0.6) is 0 Å². The van der Waals surface area contributed by atoms with E-state index >= 15 is 0 Å². The fourth-order valence-electron chi connectivity index (χ4n) is 2.50. The largest absolute Gasteiger partial charge is 0.481 e. The highest BCUT2D eigenvalue weighted by molar-refractivity contribution is 5.81. The number of hydrogen-bond donors (Lipinski definition) is 1. The van der Waals surface area contributed by atoms with Crippen LogP contribution in [0.1, 0.15) is 24.8 Å². The lowest BCUT2D eigenvalue weighted by molar-refractivity contribution is -0.137. The Kier molecular flexibility index (Phi) is 5.33. The maximum absolute atomic E-state index is 11.3. The highest BCUT2D eigenvalue weighted by Gasteiger charge is 2.16. The second kappa shape index (κ2) is 7.22. The van der Waals surface area contributed by atoms with Crippen LogP contribution in [0.25, 0.3) is 0 Å². The molecule has 0 aliphatic carbocycles. The van der Waals surface area contributed by atoms with Gasteiger partial charge in [0.1, 0.15) is 5.78 Å². The summed E-state index contributed by atoms with van der Waals surface area (Å²) in [4.78, 5) is 26.0. The summed E-state index contributed by atoms with van der Waals surface area (Å²) in [6.45, 7) is 2.89. The molecular weight excluding hydrogens is 268 g/mol. The first-order valence-electron chi connectivity index (χ1n) is 7.30. The Hall–Kier alpha value is -1.88. The summed E-state index contributed by atoms with van der Waals surface area (Å²) in [5, 5.41) is 8.67. The topological polar surface area (TPSA) is 60.9 Å². The second-order valence-corrected chi connectivity index (χ2v) is 5.57. The minimum Gasteiger partial charge on any atom is -0.481 e. The smallest absolute Gasteiger partial charge is 0.304 e. The maximum atomic E-state index is 11.3. The quantitative estimate of drug-likeness (QED) is 0.865. The first-order chi connectivity index (χ1) is 10.0. The molecule has 1 aromatic rings. The number of carbonyl (C=O) groups is 2. The fourth-order valence-corrected chi connectivity index (χ4v) is 2.50. The molecule has 1 saturated heterocycles. The fraction of sp³-hybridized carbons (Fsp3) is 0.500. The van der Waals surface area contributed by atoms with Gasteiger partial charge in [0.15, 0.2) is 0 Å². The number of ketones is 1. The molecule has 5 nitrogen and oxygen atoms in total. The molecule has 0 saturated carbocycles. The van der Waals surface area contributed by atoms with Gasteiger partial charge >= 0.3 is 5.97 Å². The van der Waals surface area contributed by atoms with Crippen molar-refractivity contribution in [2.24, 2.45) is 0 Å². The van der Waals surface area contributed by atoms with Crippen LogP contribution in [0.3, 0.4) is 0 Å². The Morgan fingerprint density at radius 3 is 2.43 bits per heavy atom. The molecule has 21 heavy (non-hydrogen) atoms. The standard InChI is InChI=1S/C16H22N2O3/c1-17(9-8-16(20)21)12-13-2-4-14(5-3-13)18-10-6-15(19)7-11-18/h2-5H,6-12H2,1H3,(H,20,21). The number of nitrogens with zero attached hydrogens (tertiary/aromatic N) is 2. The normalized spacial score (nSPS) is 15.5. The highest BCUT2D eigenvalue weighted by Crippen LogP contribution is 2.19. The van der Waals surface area contributed by atoms with Crippen molar-refractivity contribution in [3.8, 4) is 0 Å². The third kappa shape index (κ3) is 4.86. The van der Waals surface area contributed by atoms with E-state index in [1.54, 1.807) is 0 Å². The maximum Gasteiger partial charge on any atom is 0.304 e. The van der Waals surface area contributed by atoms with Crippen LogP contribution in [-0.2, 0) is 16.1 Å². The summed E-state index contributed by atoms with van der Waals surface area (Å²) in [5.74, 6) is -0.417. The lowest BCUT2D eigenvalue weighted by Crippen LogP contribution is -2.33. The van der Waals surface area contributed by atoms with Crippen molar-refractivity contribution in [2.75, 3.05) is 31.6 Å². The van der Waals surface area contributed by atoms with Gasteiger partial charge in [-0.25, -0.2) is 0 Å². The number of benzene rings is 1. The van der Waals surface area contributed by atoms with Crippen molar-refractivity contribution in [1.29, 1.82) is 0 Å². The molecule has 0 atom stereocenters. The number of anilines is 1. The van der Waals surface area contributed by atoms with Crippen LogP contribution in [-0.4, -0.2) is 48.4 Å². The van der Waals surface area contributed by atoms with Gasteiger partial charge in [-0.05, 0) is 24.7 Å². The van der Waals surface area contributed by atoms with E-state index in [9.17, 15) is 9.59 Å². The lowest BCUT2D eigenvalue weighted by atomic mass is 10.1. The van der Waals surface area contributed by atoms with Crippen molar-refractivity contribution in [3.05, 3.63) is 29.8 Å². The van der Waals surface area contributed by atoms with E-state index in [0.29, 0.717) is 25.2 Å². The van der Waals surface area contributed by atoms with Gasteiger partial charge in [-0.3, -0.25) is 9.59 Å². The van der Waals surface area contributed by atoms with E-state index in [1.807, 2.05) is 11.9 Å². The minimum atomic E-state index is -0.767. The molecule has 1 heterocycles. The number of carboxylic acid groups (broad SMARTS) is 1. The molecule has 0 unspecified atom stereocenters. The lowest BCUT2D eigenvalue weighted by Gasteiger charge is -2.28. The molecular formula is C16H22N2O3.